The van der Waals surface area contributed by atoms with Gasteiger partial charge >= 0.3 is 0 Å². The maximum absolute atomic E-state index is 13.3. The fourth-order valence-corrected chi connectivity index (χ4v) is 4.24. The molecule has 8 heteroatoms. The lowest BCUT2D eigenvalue weighted by atomic mass is 9.85. The molecule has 0 bridgehead atoms. The lowest BCUT2D eigenvalue weighted by molar-refractivity contribution is -0.129. The number of amides is 3. The number of benzene rings is 1. The van der Waals surface area contributed by atoms with Gasteiger partial charge in [0.25, 0.3) is 11.1 Å². The molecule has 1 heterocycles. The zero-order chi connectivity index (χ0) is 19.1. The van der Waals surface area contributed by atoms with Crippen LogP contribution in [0.5, 0.6) is 0 Å². The summed E-state index contributed by atoms with van der Waals surface area (Å²) in [5.41, 5.74) is 0.619. The van der Waals surface area contributed by atoms with Gasteiger partial charge in [-0.15, -0.1) is 0 Å². The van der Waals surface area contributed by atoms with Crippen molar-refractivity contribution in [3.05, 3.63) is 46.4 Å². The van der Waals surface area contributed by atoms with Crippen LogP contribution in [0.4, 0.5) is 13.6 Å². The Hall–Kier alpha value is -2.22. The van der Waals surface area contributed by atoms with Crippen LogP contribution >= 0.6 is 11.8 Å². The summed E-state index contributed by atoms with van der Waals surface area (Å²) in [5, 5.41) is 2.32. The van der Waals surface area contributed by atoms with E-state index in [1.54, 1.807) is 0 Å². The second kappa shape index (κ2) is 7.07. The number of imide groups is 1. The lowest BCUT2D eigenvalue weighted by Gasteiger charge is -2.21. The van der Waals surface area contributed by atoms with Crippen LogP contribution in [0.15, 0.2) is 29.2 Å². The minimum absolute atomic E-state index is 0.0857. The van der Waals surface area contributed by atoms with Crippen LogP contribution in [0.1, 0.15) is 37.2 Å². The summed E-state index contributed by atoms with van der Waals surface area (Å²) in [5.74, 6) is -2.41. The Morgan fingerprint density at radius 2 is 2.04 bits per heavy atom. The van der Waals surface area contributed by atoms with E-state index in [1.165, 1.54) is 6.07 Å². The predicted molar refractivity (Wildman–Crippen MR) is 95.8 cm³/mol. The number of rotatable bonds is 5. The second-order valence-corrected chi connectivity index (χ2v) is 8.16. The number of carbonyl (C=O) groups excluding carboxylic acids is 3. The van der Waals surface area contributed by atoms with Gasteiger partial charge in [0, 0.05) is 12.0 Å². The van der Waals surface area contributed by atoms with Crippen LogP contribution in [0.3, 0.4) is 0 Å². The van der Waals surface area contributed by atoms with E-state index in [-0.39, 0.29) is 18.5 Å². The maximum Gasteiger partial charge on any atom is 0.294 e. The molecule has 3 aliphatic rings. The van der Waals surface area contributed by atoms with E-state index in [1.807, 2.05) is 6.08 Å². The van der Waals surface area contributed by atoms with Crippen molar-refractivity contribution in [2.75, 3.05) is 6.54 Å². The average Bonchev–Trinajstić information content (AvgIpc) is 3.29. The number of nitrogens with one attached hydrogen (secondary N) is 1. The first-order valence-electron chi connectivity index (χ1n) is 8.92. The van der Waals surface area contributed by atoms with E-state index < -0.39 is 28.7 Å². The van der Waals surface area contributed by atoms with Crippen LogP contribution in [0.2, 0.25) is 0 Å². The Bertz CT molecular complexity index is 853. The van der Waals surface area contributed by atoms with Gasteiger partial charge in [-0.25, -0.2) is 8.78 Å². The summed E-state index contributed by atoms with van der Waals surface area (Å²) in [6.07, 6.45) is 5.64. The Morgan fingerprint density at radius 3 is 2.70 bits per heavy atom. The van der Waals surface area contributed by atoms with E-state index in [0.29, 0.717) is 22.8 Å². The van der Waals surface area contributed by atoms with Crippen LogP contribution in [-0.4, -0.2) is 34.5 Å². The second-order valence-electron chi connectivity index (χ2n) is 7.17. The van der Waals surface area contributed by atoms with Crippen molar-refractivity contribution in [2.24, 2.45) is 5.92 Å². The molecule has 1 aromatic rings. The lowest BCUT2D eigenvalue weighted by Crippen LogP contribution is -2.40. The molecule has 2 atom stereocenters. The molecule has 1 aliphatic heterocycles. The van der Waals surface area contributed by atoms with Gasteiger partial charge in [0.2, 0.25) is 5.91 Å². The molecule has 0 radical (unpaired) electrons. The number of halogens is 2. The highest BCUT2D eigenvalue weighted by Gasteiger charge is 2.42. The molecule has 27 heavy (non-hydrogen) atoms. The smallest absolute Gasteiger partial charge is 0.294 e. The number of allylic oxidation sites excluding steroid dienone is 1. The summed E-state index contributed by atoms with van der Waals surface area (Å²) >= 11 is 0.878. The van der Waals surface area contributed by atoms with Crippen LogP contribution in [0.25, 0.3) is 0 Å². The largest absolute Gasteiger partial charge is 0.351 e. The fraction of sp³-hybridized carbons (Fsp3) is 0.421. The molecule has 3 amide bonds. The molecular formula is C19H18F2N2O3S. The SMILES string of the molecule is O=C(CN1C(=O)S/C(=C\C2CCC2)C1=O)N[C@@H]1C[C@H]1c1ccc(F)c(F)c1. The Morgan fingerprint density at radius 1 is 1.26 bits per heavy atom. The molecule has 0 aromatic heterocycles. The van der Waals surface area contributed by atoms with E-state index in [4.69, 9.17) is 0 Å². The molecular weight excluding hydrogens is 374 g/mol. The number of carbonyl (C=O) groups is 3. The zero-order valence-electron chi connectivity index (χ0n) is 14.4. The summed E-state index contributed by atoms with van der Waals surface area (Å²) in [4.78, 5) is 38.0. The molecule has 5 nitrogen and oxygen atoms in total. The van der Waals surface area contributed by atoms with E-state index in [0.717, 1.165) is 48.1 Å². The summed E-state index contributed by atoms with van der Waals surface area (Å²) in [6, 6.07) is 3.49. The summed E-state index contributed by atoms with van der Waals surface area (Å²) in [6.45, 7) is -0.326. The summed E-state index contributed by atoms with van der Waals surface area (Å²) < 4.78 is 26.3. The highest BCUT2D eigenvalue weighted by atomic mass is 32.2. The molecule has 0 unspecified atom stereocenters. The number of nitrogens with zero attached hydrogens (tertiary/aromatic N) is 1. The molecule has 1 saturated heterocycles. The Labute approximate surface area is 159 Å². The first kappa shape index (κ1) is 18.2. The third kappa shape index (κ3) is 3.76. The minimum Gasteiger partial charge on any atom is -0.351 e. The van der Waals surface area contributed by atoms with E-state index in [2.05, 4.69) is 5.32 Å². The summed E-state index contributed by atoms with van der Waals surface area (Å²) in [7, 11) is 0. The first-order chi connectivity index (χ1) is 12.9. The van der Waals surface area contributed by atoms with Crippen molar-refractivity contribution in [3.63, 3.8) is 0 Å². The third-order valence-corrected chi connectivity index (χ3v) is 6.15. The Kier molecular flexibility index (Phi) is 4.75. The predicted octanol–water partition coefficient (Wildman–Crippen LogP) is 3.32. The van der Waals surface area contributed by atoms with Crippen molar-refractivity contribution in [1.29, 1.82) is 0 Å². The highest BCUT2D eigenvalue weighted by molar-refractivity contribution is 8.18. The molecule has 3 fully saturated rings. The first-order valence-corrected chi connectivity index (χ1v) is 9.74. The van der Waals surface area contributed by atoms with Crippen molar-refractivity contribution < 1.29 is 23.2 Å². The van der Waals surface area contributed by atoms with Gasteiger partial charge in [0.05, 0.1) is 4.91 Å². The van der Waals surface area contributed by atoms with Crippen LogP contribution in [0, 0.1) is 17.6 Å². The normalized spacial score (nSPS) is 26.4. The van der Waals surface area contributed by atoms with Gasteiger partial charge in [-0.3, -0.25) is 19.3 Å². The molecule has 0 spiro atoms. The van der Waals surface area contributed by atoms with Crippen molar-refractivity contribution in [3.8, 4) is 0 Å². The molecule has 2 aliphatic carbocycles. The number of thioether (sulfide) groups is 1. The quantitative estimate of drug-likeness (QED) is 0.781. The molecule has 142 valence electrons. The average molecular weight is 392 g/mol. The van der Waals surface area contributed by atoms with Gasteiger partial charge in [0.15, 0.2) is 11.6 Å². The maximum atomic E-state index is 13.3. The van der Waals surface area contributed by atoms with Gasteiger partial charge < -0.3 is 5.32 Å². The standard InChI is InChI=1S/C19H18F2N2O3S/c20-13-5-4-11(7-14(13)21)12-8-15(12)22-17(24)9-23-18(25)16(27-19(23)26)6-10-2-1-3-10/h4-7,10,12,15H,1-3,8-9H2,(H,22,24)/b16-6-/t12-,15+/m0/s1. The zero-order valence-corrected chi connectivity index (χ0v) is 15.2. The highest BCUT2D eigenvalue weighted by Crippen LogP contribution is 2.41. The topological polar surface area (TPSA) is 66.5 Å². The van der Waals surface area contributed by atoms with Crippen LogP contribution in [-0.2, 0) is 9.59 Å². The third-order valence-electron chi connectivity index (χ3n) is 5.22. The monoisotopic (exact) mass is 392 g/mol. The molecule has 2 saturated carbocycles. The number of hydrogen-bond donors (Lipinski definition) is 1. The van der Waals surface area contributed by atoms with Crippen molar-refractivity contribution in [2.45, 2.75) is 37.6 Å². The van der Waals surface area contributed by atoms with Crippen molar-refractivity contribution >= 4 is 28.8 Å². The van der Waals surface area contributed by atoms with Gasteiger partial charge in [-0.1, -0.05) is 18.6 Å². The molecule has 1 N–H and O–H groups in total. The van der Waals surface area contributed by atoms with Crippen molar-refractivity contribution in [1.82, 2.24) is 10.2 Å². The number of hydrogen-bond acceptors (Lipinski definition) is 4. The molecule has 4 rings (SSSR count). The van der Waals surface area contributed by atoms with Gasteiger partial charge in [-0.2, -0.15) is 0 Å². The Balaban J connectivity index is 1.32. The fourth-order valence-electron chi connectivity index (χ4n) is 3.33. The minimum atomic E-state index is -0.916. The van der Waals surface area contributed by atoms with Gasteiger partial charge in [0.1, 0.15) is 6.54 Å². The van der Waals surface area contributed by atoms with Gasteiger partial charge in [-0.05, 0) is 54.6 Å². The van der Waals surface area contributed by atoms with E-state index in [9.17, 15) is 23.2 Å². The van der Waals surface area contributed by atoms with Crippen LogP contribution < -0.4 is 5.32 Å². The van der Waals surface area contributed by atoms with E-state index >= 15 is 0 Å². The molecule has 1 aromatic carbocycles.